The minimum absolute atomic E-state index is 0.446. The fourth-order valence-electron chi connectivity index (χ4n) is 1.63. The number of rotatable bonds is 5. The van der Waals surface area contributed by atoms with E-state index >= 15 is 0 Å². The lowest BCUT2D eigenvalue weighted by Gasteiger charge is -2.12. The first kappa shape index (κ1) is 13.1. The highest BCUT2D eigenvalue weighted by molar-refractivity contribution is 6.31. The summed E-state index contributed by atoms with van der Waals surface area (Å²) in [5.74, 6) is 1.26. The largest absolute Gasteiger partial charge is 0.497 e. The van der Waals surface area contributed by atoms with Gasteiger partial charge in [0.25, 0.3) is 0 Å². The monoisotopic (exact) mass is 238 g/mol. The molecule has 0 fully saturated rings. The zero-order valence-corrected chi connectivity index (χ0v) is 10.9. The van der Waals surface area contributed by atoms with E-state index in [0.717, 1.165) is 23.6 Å². The molecule has 0 N–H and O–H groups in total. The molecular formula is C14H19ClO. The summed E-state index contributed by atoms with van der Waals surface area (Å²) in [4.78, 5) is 0. The van der Waals surface area contributed by atoms with E-state index in [1.54, 1.807) is 7.11 Å². The van der Waals surface area contributed by atoms with Crippen molar-refractivity contribution in [2.75, 3.05) is 7.11 Å². The van der Waals surface area contributed by atoms with Gasteiger partial charge in [-0.15, -0.1) is 0 Å². The predicted molar refractivity (Wildman–Crippen MR) is 70.5 cm³/mol. The van der Waals surface area contributed by atoms with Gasteiger partial charge in [-0.05, 0) is 36.5 Å². The normalized spacial score (nSPS) is 13.0. The summed E-state index contributed by atoms with van der Waals surface area (Å²) < 4.78 is 5.13. The van der Waals surface area contributed by atoms with Crippen molar-refractivity contribution in [2.45, 2.75) is 32.6 Å². The van der Waals surface area contributed by atoms with E-state index in [4.69, 9.17) is 16.3 Å². The number of methoxy groups -OCH3 is 1. The minimum Gasteiger partial charge on any atom is -0.497 e. The van der Waals surface area contributed by atoms with Gasteiger partial charge < -0.3 is 4.74 Å². The summed E-state index contributed by atoms with van der Waals surface area (Å²) >= 11 is 6.21. The molecule has 0 spiro atoms. The van der Waals surface area contributed by atoms with Crippen LogP contribution in [-0.4, -0.2) is 7.11 Å². The van der Waals surface area contributed by atoms with Crippen molar-refractivity contribution in [2.24, 2.45) is 0 Å². The minimum atomic E-state index is 0.446. The molecule has 0 aromatic heterocycles. The molecular weight excluding hydrogens is 220 g/mol. The molecule has 1 atom stereocenters. The molecule has 1 unspecified atom stereocenters. The molecule has 1 aromatic carbocycles. The molecule has 0 saturated carbocycles. The van der Waals surface area contributed by atoms with E-state index in [-0.39, 0.29) is 0 Å². The second-order valence-corrected chi connectivity index (χ2v) is 4.31. The van der Waals surface area contributed by atoms with Gasteiger partial charge in [0.1, 0.15) is 5.75 Å². The van der Waals surface area contributed by atoms with Gasteiger partial charge in [-0.25, -0.2) is 0 Å². The van der Waals surface area contributed by atoms with E-state index in [9.17, 15) is 0 Å². The lowest BCUT2D eigenvalue weighted by molar-refractivity contribution is 0.414. The summed E-state index contributed by atoms with van der Waals surface area (Å²) in [6.07, 6.45) is 6.52. The zero-order valence-electron chi connectivity index (χ0n) is 10.2. The highest BCUT2D eigenvalue weighted by Crippen LogP contribution is 2.30. The summed E-state index contributed by atoms with van der Waals surface area (Å²) in [6.45, 7) is 4.33. The van der Waals surface area contributed by atoms with E-state index in [1.165, 1.54) is 5.56 Å². The van der Waals surface area contributed by atoms with E-state index in [1.807, 2.05) is 18.2 Å². The summed E-state index contributed by atoms with van der Waals surface area (Å²) in [7, 11) is 1.65. The van der Waals surface area contributed by atoms with Crippen molar-refractivity contribution < 1.29 is 4.74 Å². The fourth-order valence-corrected chi connectivity index (χ4v) is 1.99. The van der Waals surface area contributed by atoms with Gasteiger partial charge in [0, 0.05) is 5.02 Å². The molecule has 0 heterocycles. The van der Waals surface area contributed by atoms with Crippen molar-refractivity contribution in [3.63, 3.8) is 0 Å². The van der Waals surface area contributed by atoms with Crippen molar-refractivity contribution in [1.82, 2.24) is 0 Å². The molecule has 0 saturated heterocycles. The van der Waals surface area contributed by atoms with Gasteiger partial charge >= 0.3 is 0 Å². The molecule has 88 valence electrons. The summed E-state index contributed by atoms with van der Waals surface area (Å²) in [5, 5.41) is 0.789. The van der Waals surface area contributed by atoms with Crippen LogP contribution in [0.1, 0.15) is 38.2 Å². The number of ether oxygens (including phenoxy) is 1. The van der Waals surface area contributed by atoms with Crippen LogP contribution in [0.4, 0.5) is 0 Å². The van der Waals surface area contributed by atoms with Crippen LogP contribution < -0.4 is 4.74 Å². The average Bonchev–Trinajstić information content (AvgIpc) is 2.29. The highest BCUT2D eigenvalue weighted by atomic mass is 35.5. The van der Waals surface area contributed by atoms with Crippen LogP contribution in [0.25, 0.3) is 0 Å². The van der Waals surface area contributed by atoms with Crippen molar-refractivity contribution in [3.8, 4) is 5.75 Å². The van der Waals surface area contributed by atoms with Crippen molar-refractivity contribution >= 4 is 11.6 Å². The molecule has 0 aliphatic heterocycles. The maximum absolute atomic E-state index is 6.21. The number of benzene rings is 1. The smallest absolute Gasteiger partial charge is 0.120 e. The van der Waals surface area contributed by atoms with Crippen molar-refractivity contribution in [3.05, 3.63) is 40.9 Å². The number of hydrogen-bond acceptors (Lipinski definition) is 1. The Kier molecular flexibility index (Phi) is 5.41. The molecule has 0 aliphatic carbocycles. The molecule has 1 nitrogen and oxygen atoms in total. The van der Waals surface area contributed by atoms with Gasteiger partial charge in [0.2, 0.25) is 0 Å². The van der Waals surface area contributed by atoms with Crippen LogP contribution in [0.15, 0.2) is 30.4 Å². The summed E-state index contributed by atoms with van der Waals surface area (Å²) in [5.41, 5.74) is 1.18. The first-order valence-electron chi connectivity index (χ1n) is 5.67. The Bertz CT molecular complexity index is 358. The highest BCUT2D eigenvalue weighted by Gasteiger charge is 2.08. The number of halogens is 1. The Balaban J connectivity index is 2.75. The maximum atomic E-state index is 6.21. The van der Waals surface area contributed by atoms with Gasteiger partial charge in [-0.1, -0.05) is 43.7 Å². The molecule has 1 aromatic rings. The van der Waals surface area contributed by atoms with Crippen molar-refractivity contribution in [1.29, 1.82) is 0 Å². The first-order valence-corrected chi connectivity index (χ1v) is 6.05. The van der Waals surface area contributed by atoms with E-state index < -0.39 is 0 Å². The molecule has 0 aliphatic rings. The molecule has 0 radical (unpaired) electrons. The van der Waals surface area contributed by atoms with Crippen LogP contribution in [0.3, 0.4) is 0 Å². The lowest BCUT2D eigenvalue weighted by atomic mass is 9.97. The quantitative estimate of drug-likeness (QED) is 0.669. The topological polar surface area (TPSA) is 9.23 Å². The Morgan fingerprint density at radius 3 is 2.69 bits per heavy atom. The molecule has 16 heavy (non-hydrogen) atoms. The maximum Gasteiger partial charge on any atom is 0.120 e. The SMILES string of the molecule is CC/C=C\CC(C)c1ccc(OC)cc1Cl. The molecule has 1 rings (SSSR count). The van der Waals surface area contributed by atoms with Gasteiger partial charge in [-0.2, -0.15) is 0 Å². The standard InChI is InChI=1S/C14H19ClO/c1-4-5-6-7-11(2)13-9-8-12(16-3)10-14(13)15/h5-6,8-11H,4,7H2,1-3H3/b6-5-. The second kappa shape index (κ2) is 6.59. The zero-order chi connectivity index (χ0) is 12.0. The third kappa shape index (κ3) is 3.57. The summed E-state index contributed by atoms with van der Waals surface area (Å²) in [6, 6.07) is 5.88. The Morgan fingerprint density at radius 2 is 2.12 bits per heavy atom. The van der Waals surface area contributed by atoms with Crippen LogP contribution in [0.5, 0.6) is 5.75 Å². The fraction of sp³-hybridized carbons (Fsp3) is 0.429. The number of allylic oxidation sites excluding steroid dienone is 2. The third-order valence-electron chi connectivity index (χ3n) is 2.63. The van der Waals surface area contributed by atoms with Crippen LogP contribution in [-0.2, 0) is 0 Å². The molecule has 2 heteroatoms. The Labute approximate surface area is 103 Å². The van der Waals surface area contributed by atoms with Gasteiger partial charge in [-0.3, -0.25) is 0 Å². The van der Waals surface area contributed by atoms with Gasteiger partial charge in [0.05, 0.1) is 7.11 Å². The van der Waals surface area contributed by atoms with Crippen LogP contribution in [0, 0.1) is 0 Å². The van der Waals surface area contributed by atoms with E-state index in [2.05, 4.69) is 26.0 Å². The van der Waals surface area contributed by atoms with Crippen LogP contribution >= 0.6 is 11.6 Å². The number of hydrogen-bond donors (Lipinski definition) is 0. The Morgan fingerprint density at radius 1 is 1.38 bits per heavy atom. The second-order valence-electron chi connectivity index (χ2n) is 3.90. The third-order valence-corrected chi connectivity index (χ3v) is 2.96. The van der Waals surface area contributed by atoms with E-state index in [0.29, 0.717) is 5.92 Å². The average molecular weight is 239 g/mol. The molecule has 0 bridgehead atoms. The molecule has 0 amide bonds. The Hall–Kier alpha value is -0.950. The van der Waals surface area contributed by atoms with Gasteiger partial charge in [0.15, 0.2) is 0 Å². The predicted octanol–water partition coefficient (Wildman–Crippen LogP) is 4.81. The lowest BCUT2D eigenvalue weighted by Crippen LogP contribution is -1.94. The van der Waals surface area contributed by atoms with Crippen LogP contribution in [0.2, 0.25) is 5.02 Å². The first-order chi connectivity index (χ1) is 7.69.